The summed E-state index contributed by atoms with van der Waals surface area (Å²) < 4.78 is 53.0. The number of hydrogen-bond donors (Lipinski definition) is 5. The molecule has 5 rings (SSSR count). The van der Waals surface area contributed by atoms with Crippen molar-refractivity contribution in [1.82, 2.24) is 4.90 Å². The highest BCUT2D eigenvalue weighted by Crippen LogP contribution is 2.50. The first-order valence-electron chi connectivity index (χ1n) is 12.6. The number of hydrogen-bond acceptors (Lipinski definition) is 8. The zero-order chi connectivity index (χ0) is 27.1. The van der Waals surface area contributed by atoms with Crippen molar-refractivity contribution in [3.63, 3.8) is 0 Å². The third-order valence-electron chi connectivity index (χ3n) is 6.35. The topological polar surface area (TPSA) is 140 Å². The van der Waals surface area contributed by atoms with Crippen molar-refractivity contribution in [2.24, 2.45) is 0 Å². The third kappa shape index (κ3) is 3.16. The number of aliphatic hydroxyl groups excluding tert-OH is 3. The minimum Gasteiger partial charge on any atom is -0.504 e. The summed E-state index contributed by atoms with van der Waals surface area (Å²) >= 11 is 0. The Morgan fingerprint density at radius 1 is 1.16 bits per heavy atom. The van der Waals surface area contributed by atoms with Crippen LogP contribution in [0.25, 0.3) is 11.1 Å². The first kappa shape index (κ1) is 16.0. The number of carboxylic acids is 1. The second-order valence-electron chi connectivity index (χ2n) is 8.23. The molecule has 170 valence electrons. The van der Waals surface area contributed by atoms with Crippen LogP contribution in [-0.2, 0) is 22.4 Å². The molecular weight excluding hydrogens is 418 g/mol. The van der Waals surface area contributed by atoms with E-state index in [0.29, 0.717) is 24.1 Å². The van der Waals surface area contributed by atoms with Gasteiger partial charge in [-0.25, -0.2) is 4.79 Å². The van der Waals surface area contributed by atoms with Gasteiger partial charge >= 0.3 is 5.97 Å². The van der Waals surface area contributed by atoms with Crippen LogP contribution in [0.5, 0.6) is 11.5 Å². The number of ether oxygens (including phenoxy) is 2. The lowest BCUT2D eigenvalue weighted by molar-refractivity contribution is -0.271. The van der Waals surface area contributed by atoms with Gasteiger partial charge in [-0.05, 0) is 48.2 Å². The Kier molecular flexibility index (Phi) is 3.86. The van der Waals surface area contributed by atoms with Crippen LogP contribution in [0.2, 0.25) is 0 Å². The van der Waals surface area contributed by atoms with Crippen LogP contribution in [0.4, 0.5) is 0 Å². The molecule has 0 radical (unpaired) electrons. The highest BCUT2D eigenvalue weighted by Gasteiger charge is 2.48. The molecule has 0 saturated carbocycles. The quantitative estimate of drug-likeness (QED) is 0.452. The standard InChI is InChI=1S/C23H25NO8/c1-24-8-7-10-3-2-4-12-15(10)13(24)9-11-5-6-14(17(25)16(11)12)31-23-20(28)18(26)19(27)21(32-23)22(29)30/h2-6,13,18-21,23,25-28H,7-9H2,1H3,(H,29,30)/t13-,18+,19+,20-,21+,23-/m1/s1/i2D,3D,4D,5D,6D. The average Bonchev–Trinajstić information content (AvgIpc) is 2.86. The third-order valence-corrected chi connectivity index (χ3v) is 6.35. The number of rotatable bonds is 3. The molecule has 1 aliphatic carbocycles. The average molecular weight is 448 g/mol. The zero-order valence-corrected chi connectivity index (χ0v) is 17.0. The number of carboxylic acid groups (broad SMARTS) is 1. The normalized spacial score (nSPS) is 33.7. The van der Waals surface area contributed by atoms with Crippen LogP contribution in [-0.4, -0.2) is 80.7 Å². The maximum absolute atomic E-state index is 11.4. The molecule has 0 unspecified atom stereocenters. The molecule has 2 aromatic rings. The van der Waals surface area contributed by atoms with Crippen molar-refractivity contribution < 1.29 is 46.7 Å². The van der Waals surface area contributed by atoms with E-state index in [2.05, 4.69) is 0 Å². The van der Waals surface area contributed by atoms with Crippen molar-refractivity contribution in [2.75, 3.05) is 13.6 Å². The minimum atomic E-state index is -1.98. The fraction of sp³-hybridized carbons (Fsp3) is 0.435. The predicted molar refractivity (Wildman–Crippen MR) is 111 cm³/mol. The summed E-state index contributed by atoms with van der Waals surface area (Å²) in [6.45, 7) is 0.583. The Hall–Kier alpha value is -2.69. The molecule has 0 aromatic heterocycles. The highest BCUT2D eigenvalue weighted by atomic mass is 16.7. The van der Waals surface area contributed by atoms with Crippen LogP contribution in [0.3, 0.4) is 0 Å². The van der Waals surface area contributed by atoms with Crippen molar-refractivity contribution in [3.05, 3.63) is 46.9 Å². The second kappa shape index (κ2) is 7.72. The number of likely N-dealkylation sites (N-methyl/N-ethyl adjacent to an activating group) is 1. The van der Waals surface area contributed by atoms with Gasteiger partial charge in [0.05, 0.1) is 6.85 Å². The molecule has 0 amide bonds. The molecule has 2 heterocycles. The second-order valence-corrected chi connectivity index (χ2v) is 8.23. The van der Waals surface area contributed by atoms with E-state index in [1.165, 1.54) is 0 Å². The summed E-state index contributed by atoms with van der Waals surface area (Å²) in [5, 5.41) is 51.0. The van der Waals surface area contributed by atoms with Gasteiger partial charge in [0.1, 0.15) is 18.3 Å². The highest BCUT2D eigenvalue weighted by molar-refractivity contribution is 5.82. The van der Waals surface area contributed by atoms with Crippen molar-refractivity contribution in [2.45, 2.75) is 49.6 Å². The van der Waals surface area contributed by atoms with E-state index >= 15 is 0 Å². The maximum atomic E-state index is 11.4. The Morgan fingerprint density at radius 3 is 2.69 bits per heavy atom. The first-order valence-corrected chi connectivity index (χ1v) is 10.1. The van der Waals surface area contributed by atoms with Crippen molar-refractivity contribution in [3.8, 4) is 22.6 Å². The predicted octanol–water partition coefficient (Wildman–Crippen LogP) is 0.415. The molecule has 0 bridgehead atoms. The van der Waals surface area contributed by atoms with Crippen LogP contribution < -0.4 is 4.74 Å². The van der Waals surface area contributed by atoms with Gasteiger partial charge in [-0.3, -0.25) is 4.90 Å². The summed E-state index contributed by atoms with van der Waals surface area (Å²) in [5.74, 6) is -2.98. The van der Waals surface area contributed by atoms with E-state index in [4.69, 9.17) is 16.3 Å². The van der Waals surface area contributed by atoms with Gasteiger partial charge < -0.3 is 35.0 Å². The number of benzene rings is 2. The molecule has 0 spiro atoms. The number of aliphatic carboxylic acids is 1. The lowest BCUT2D eigenvalue weighted by Gasteiger charge is -2.40. The van der Waals surface area contributed by atoms with E-state index in [-0.39, 0.29) is 53.3 Å². The van der Waals surface area contributed by atoms with E-state index in [1.807, 2.05) is 11.9 Å². The summed E-state index contributed by atoms with van der Waals surface area (Å²) in [7, 11) is 1.85. The SMILES string of the molecule is [2H]c1c([2H])c2c3c(c1[2H])-c1c(O)c(O[C@@H]4O[C@H](C(=O)O)[C@@H](O)[C@H](O)[C@H]4O)c([2H])c([2H])c1C[C@H]3N(C)CC2. The number of carbonyl (C=O) groups is 1. The summed E-state index contributed by atoms with van der Waals surface area (Å²) in [6.07, 6.45) is -9.19. The van der Waals surface area contributed by atoms with Crippen molar-refractivity contribution >= 4 is 5.97 Å². The first-order chi connectivity index (χ1) is 17.4. The molecule has 1 saturated heterocycles. The van der Waals surface area contributed by atoms with E-state index in [9.17, 15) is 30.3 Å². The number of phenols is 1. The zero-order valence-electron chi connectivity index (χ0n) is 22.0. The molecule has 9 nitrogen and oxygen atoms in total. The van der Waals surface area contributed by atoms with Gasteiger partial charge in [0, 0.05) is 18.2 Å². The van der Waals surface area contributed by atoms with Gasteiger partial charge in [-0.15, -0.1) is 0 Å². The lowest BCUT2D eigenvalue weighted by atomic mass is 9.77. The largest absolute Gasteiger partial charge is 0.504 e. The number of fused-ring (bicyclic) bond motifs is 2. The lowest BCUT2D eigenvalue weighted by Crippen LogP contribution is -2.61. The van der Waals surface area contributed by atoms with Crippen LogP contribution in [0.15, 0.2) is 30.2 Å². The van der Waals surface area contributed by atoms with E-state index in [0.717, 1.165) is 0 Å². The molecule has 9 heteroatoms. The smallest absolute Gasteiger partial charge is 0.335 e. The van der Waals surface area contributed by atoms with E-state index < -0.39 is 54.2 Å². The number of phenolic OH excluding ortho intramolecular Hbond substituents is 1. The maximum Gasteiger partial charge on any atom is 0.335 e. The number of nitrogens with zero attached hydrogens (tertiary/aromatic N) is 1. The molecule has 1 fully saturated rings. The molecule has 32 heavy (non-hydrogen) atoms. The Balaban J connectivity index is 1.69. The Bertz CT molecular complexity index is 1320. The summed E-state index contributed by atoms with van der Waals surface area (Å²) in [4.78, 5) is 13.4. The van der Waals surface area contributed by atoms with Crippen LogP contribution in [0, 0.1) is 0 Å². The fourth-order valence-corrected chi connectivity index (χ4v) is 4.62. The Morgan fingerprint density at radius 2 is 1.94 bits per heavy atom. The fourth-order valence-electron chi connectivity index (χ4n) is 4.62. The van der Waals surface area contributed by atoms with E-state index in [1.54, 1.807) is 0 Å². The summed E-state index contributed by atoms with van der Waals surface area (Å²) in [5.41, 5.74) is 1.53. The van der Waals surface area contributed by atoms with Crippen molar-refractivity contribution in [1.29, 1.82) is 0 Å². The van der Waals surface area contributed by atoms with Gasteiger partial charge in [0.2, 0.25) is 6.29 Å². The molecule has 6 atom stereocenters. The molecule has 2 aliphatic heterocycles. The monoisotopic (exact) mass is 448 g/mol. The minimum absolute atomic E-state index is 0.0158. The summed E-state index contributed by atoms with van der Waals surface area (Å²) in [6, 6.07) is -2.05. The van der Waals surface area contributed by atoms with Crippen LogP contribution >= 0.6 is 0 Å². The molecular formula is C23H25NO8. The van der Waals surface area contributed by atoms with Gasteiger partial charge in [-0.2, -0.15) is 0 Å². The van der Waals surface area contributed by atoms with Gasteiger partial charge in [0.15, 0.2) is 17.6 Å². The number of aliphatic hydroxyl groups is 3. The molecule has 3 aliphatic rings. The molecule has 2 aromatic carbocycles. The molecule has 5 N–H and O–H groups in total. The number of aromatic hydroxyl groups is 1. The van der Waals surface area contributed by atoms with Gasteiger partial charge in [-0.1, -0.05) is 24.2 Å². The van der Waals surface area contributed by atoms with Crippen LogP contribution in [0.1, 0.15) is 29.6 Å². The van der Waals surface area contributed by atoms with Gasteiger partial charge in [0.25, 0.3) is 0 Å². The Labute approximate surface area is 191 Å².